The third-order valence-corrected chi connectivity index (χ3v) is 4.40. The number of rotatable bonds is 4. The predicted octanol–water partition coefficient (Wildman–Crippen LogP) is 0.684. The van der Waals surface area contributed by atoms with Gasteiger partial charge in [0.2, 0.25) is 0 Å². The topological polar surface area (TPSA) is 91.1 Å². The second kappa shape index (κ2) is 4.93. The van der Waals surface area contributed by atoms with Gasteiger partial charge in [0.05, 0.1) is 16.6 Å². The first kappa shape index (κ1) is 12.8. The quantitative estimate of drug-likeness (QED) is 0.850. The summed E-state index contributed by atoms with van der Waals surface area (Å²) in [6, 6.07) is 11.0. The molecule has 0 aliphatic carbocycles. The van der Waals surface area contributed by atoms with E-state index < -0.39 is 16.1 Å². The highest BCUT2D eigenvalue weighted by Crippen LogP contribution is 2.19. The number of nitrogens with zero attached hydrogens (tertiary/aromatic N) is 1. The summed E-state index contributed by atoms with van der Waals surface area (Å²) in [7, 11) is -3.60. The Hall–Kier alpha value is -1.63. The highest BCUT2D eigenvalue weighted by molar-refractivity contribution is 7.90. The summed E-state index contributed by atoms with van der Waals surface area (Å²) in [4.78, 5) is 0.228. The van der Waals surface area contributed by atoms with Crippen LogP contribution >= 0.6 is 0 Å². The lowest BCUT2D eigenvalue weighted by molar-refractivity contribution is 0.580. The molecule has 0 aliphatic rings. The van der Waals surface area contributed by atoms with Crippen molar-refractivity contribution in [1.82, 2.24) is 3.97 Å². The van der Waals surface area contributed by atoms with Crippen LogP contribution in [0.1, 0.15) is 11.7 Å². The summed E-state index contributed by atoms with van der Waals surface area (Å²) >= 11 is 0. The average molecular weight is 265 g/mol. The van der Waals surface area contributed by atoms with Crippen molar-refractivity contribution in [2.45, 2.75) is 10.9 Å². The molecule has 0 bridgehead atoms. The zero-order chi connectivity index (χ0) is 13.2. The minimum atomic E-state index is -3.60. The van der Waals surface area contributed by atoms with Crippen LogP contribution in [0.4, 0.5) is 0 Å². The fourth-order valence-corrected chi connectivity index (χ4v) is 3.14. The molecule has 1 unspecified atom stereocenters. The van der Waals surface area contributed by atoms with Crippen molar-refractivity contribution in [2.75, 3.05) is 6.54 Å². The van der Waals surface area contributed by atoms with Gasteiger partial charge in [-0.3, -0.25) is 0 Å². The maximum Gasteiger partial charge on any atom is 0.267 e. The normalized spacial score (nSPS) is 13.4. The summed E-state index contributed by atoms with van der Waals surface area (Å²) in [6.07, 6.45) is 1.48. The molecule has 2 aromatic rings. The first-order chi connectivity index (χ1) is 8.57. The molecule has 0 aliphatic heterocycles. The molecular formula is C12H15N3O2S. The number of benzene rings is 1. The van der Waals surface area contributed by atoms with Gasteiger partial charge in [-0.15, -0.1) is 0 Å². The smallest absolute Gasteiger partial charge is 0.267 e. The van der Waals surface area contributed by atoms with Gasteiger partial charge in [-0.05, 0) is 24.3 Å². The van der Waals surface area contributed by atoms with Gasteiger partial charge >= 0.3 is 0 Å². The van der Waals surface area contributed by atoms with Gasteiger partial charge in [0.15, 0.2) is 0 Å². The van der Waals surface area contributed by atoms with Gasteiger partial charge in [0.25, 0.3) is 10.0 Å². The van der Waals surface area contributed by atoms with Crippen LogP contribution in [0.2, 0.25) is 0 Å². The maximum absolute atomic E-state index is 12.4. The molecule has 0 fully saturated rings. The summed E-state index contributed by atoms with van der Waals surface area (Å²) in [5.74, 6) is 0. The van der Waals surface area contributed by atoms with Crippen LogP contribution in [0.5, 0.6) is 0 Å². The predicted molar refractivity (Wildman–Crippen MR) is 69.4 cm³/mol. The van der Waals surface area contributed by atoms with Gasteiger partial charge in [-0.2, -0.15) is 0 Å². The molecule has 1 aromatic carbocycles. The lowest BCUT2D eigenvalue weighted by Crippen LogP contribution is -2.26. The third-order valence-electron chi connectivity index (χ3n) is 2.68. The minimum absolute atomic E-state index is 0.189. The Morgan fingerprint density at radius 2 is 1.78 bits per heavy atom. The van der Waals surface area contributed by atoms with Gasteiger partial charge in [-0.25, -0.2) is 12.4 Å². The van der Waals surface area contributed by atoms with E-state index >= 15 is 0 Å². The molecule has 0 saturated heterocycles. The molecule has 0 spiro atoms. The average Bonchev–Trinajstić information content (AvgIpc) is 2.89. The Balaban J connectivity index is 2.53. The van der Waals surface area contributed by atoms with Crippen molar-refractivity contribution in [3.05, 3.63) is 54.4 Å². The van der Waals surface area contributed by atoms with E-state index in [9.17, 15) is 8.42 Å². The molecule has 18 heavy (non-hydrogen) atoms. The summed E-state index contributed by atoms with van der Waals surface area (Å²) in [5, 5.41) is 0. The lowest BCUT2D eigenvalue weighted by atomic mass is 10.2. The van der Waals surface area contributed by atoms with Gasteiger partial charge in [-0.1, -0.05) is 18.2 Å². The molecule has 2 rings (SSSR count). The van der Waals surface area contributed by atoms with Crippen molar-refractivity contribution in [1.29, 1.82) is 0 Å². The SMILES string of the molecule is NCC(N)c1cccn1S(=O)(=O)c1ccccc1. The van der Waals surface area contributed by atoms with E-state index in [-0.39, 0.29) is 11.4 Å². The molecule has 0 amide bonds. The number of aromatic nitrogens is 1. The van der Waals surface area contributed by atoms with Crippen LogP contribution in [-0.2, 0) is 10.0 Å². The Morgan fingerprint density at radius 3 is 2.39 bits per heavy atom. The molecular weight excluding hydrogens is 250 g/mol. The summed E-state index contributed by atoms with van der Waals surface area (Å²) in [5.41, 5.74) is 11.8. The first-order valence-electron chi connectivity index (χ1n) is 5.51. The Kier molecular flexibility index (Phi) is 3.51. The fourth-order valence-electron chi connectivity index (χ4n) is 1.71. The highest BCUT2D eigenvalue weighted by atomic mass is 32.2. The van der Waals surface area contributed by atoms with Gasteiger partial charge in [0, 0.05) is 12.7 Å². The van der Waals surface area contributed by atoms with Crippen LogP contribution in [0.25, 0.3) is 0 Å². The van der Waals surface area contributed by atoms with Crippen LogP contribution in [-0.4, -0.2) is 18.9 Å². The molecule has 1 heterocycles. The zero-order valence-corrected chi connectivity index (χ0v) is 10.5. The molecule has 6 heteroatoms. The van der Waals surface area contributed by atoms with Gasteiger partial charge < -0.3 is 11.5 Å². The summed E-state index contributed by atoms with van der Waals surface area (Å²) < 4.78 is 26.0. The molecule has 0 radical (unpaired) electrons. The third kappa shape index (κ3) is 2.17. The van der Waals surface area contributed by atoms with Crippen molar-refractivity contribution in [3.63, 3.8) is 0 Å². The van der Waals surface area contributed by atoms with Crippen molar-refractivity contribution >= 4 is 10.0 Å². The highest BCUT2D eigenvalue weighted by Gasteiger charge is 2.21. The maximum atomic E-state index is 12.4. The molecule has 5 nitrogen and oxygen atoms in total. The lowest BCUT2D eigenvalue weighted by Gasteiger charge is -2.14. The fraction of sp³-hybridized carbons (Fsp3) is 0.167. The van der Waals surface area contributed by atoms with Crippen LogP contribution in [0, 0.1) is 0 Å². The van der Waals surface area contributed by atoms with E-state index in [1.165, 1.54) is 10.2 Å². The van der Waals surface area contributed by atoms with Gasteiger partial charge in [0.1, 0.15) is 0 Å². The van der Waals surface area contributed by atoms with Crippen molar-refractivity contribution in [2.24, 2.45) is 11.5 Å². The number of nitrogens with two attached hydrogens (primary N) is 2. The standard InChI is InChI=1S/C12H15N3O2S/c13-9-11(14)12-7-4-8-15(12)18(16,17)10-5-2-1-3-6-10/h1-8,11H,9,13-14H2. The Morgan fingerprint density at radius 1 is 1.11 bits per heavy atom. The molecule has 0 saturated carbocycles. The number of hydrogen-bond donors (Lipinski definition) is 2. The van der Waals surface area contributed by atoms with Crippen LogP contribution < -0.4 is 11.5 Å². The summed E-state index contributed by atoms with van der Waals surface area (Å²) in [6.45, 7) is 0.189. The Bertz CT molecular complexity index is 620. The van der Waals surface area contributed by atoms with Crippen molar-refractivity contribution in [3.8, 4) is 0 Å². The van der Waals surface area contributed by atoms with E-state index in [1.807, 2.05) is 0 Å². The molecule has 1 atom stereocenters. The van der Waals surface area contributed by atoms with E-state index in [1.54, 1.807) is 42.5 Å². The minimum Gasteiger partial charge on any atom is -0.329 e. The second-order valence-corrected chi connectivity index (χ2v) is 5.70. The first-order valence-corrected chi connectivity index (χ1v) is 6.95. The van der Waals surface area contributed by atoms with E-state index in [4.69, 9.17) is 11.5 Å². The van der Waals surface area contributed by atoms with Crippen molar-refractivity contribution < 1.29 is 8.42 Å². The van der Waals surface area contributed by atoms with E-state index in [2.05, 4.69) is 0 Å². The molecule has 96 valence electrons. The monoisotopic (exact) mass is 265 g/mol. The number of hydrogen-bond acceptors (Lipinski definition) is 4. The zero-order valence-electron chi connectivity index (χ0n) is 9.73. The van der Waals surface area contributed by atoms with Crippen LogP contribution in [0.3, 0.4) is 0 Å². The molecule has 4 N–H and O–H groups in total. The van der Waals surface area contributed by atoms with E-state index in [0.29, 0.717) is 5.69 Å². The van der Waals surface area contributed by atoms with E-state index in [0.717, 1.165) is 0 Å². The molecule has 1 aromatic heterocycles. The Labute approximate surface area is 106 Å². The second-order valence-electron chi connectivity index (χ2n) is 3.89. The van der Waals surface area contributed by atoms with Crippen LogP contribution in [0.15, 0.2) is 53.6 Å². The largest absolute Gasteiger partial charge is 0.329 e.